The Bertz CT molecular complexity index is 343. The summed E-state index contributed by atoms with van der Waals surface area (Å²) in [6, 6.07) is 0. The number of aromatic nitrogens is 2. The van der Waals surface area contributed by atoms with Gasteiger partial charge in [-0.05, 0) is 19.3 Å². The molecule has 1 aromatic heterocycles. The maximum Gasteiger partial charge on any atom is 0.228 e. The molecule has 0 N–H and O–H groups in total. The zero-order valence-electron chi connectivity index (χ0n) is 8.01. The summed E-state index contributed by atoms with van der Waals surface area (Å²) in [6.45, 7) is 1.75. The number of halogens is 3. The normalized spacial score (nSPS) is 16.9. The lowest BCUT2D eigenvalue weighted by Crippen LogP contribution is -2.31. The number of piperidine rings is 1. The van der Waals surface area contributed by atoms with Crippen LogP contribution in [0.3, 0.4) is 0 Å². The van der Waals surface area contributed by atoms with Crippen LogP contribution in [0.15, 0.2) is 0 Å². The van der Waals surface area contributed by atoms with Crippen LogP contribution in [0.4, 0.5) is 10.3 Å². The summed E-state index contributed by atoms with van der Waals surface area (Å²) >= 11 is 11.2. The molecular formula is C9H10Cl2FN3. The summed E-state index contributed by atoms with van der Waals surface area (Å²) in [5.41, 5.74) is 0. The van der Waals surface area contributed by atoms with E-state index in [1.165, 1.54) is 6.42 Å². The SMILES string of the molecule is Fc1c(Cl)nc(N2CCCCC2)nc1Cl. The molecule has 0 amide bonds. The second-order valence-corrected chi connectivity index (χ2v) is 4.18. The monoisotopic (exact) mass is 249 g/mol. The van der Waals surface area contributed by atoms with Gasteiger partial charge in [-0.1, -0.05) is 23.2 Å². The summed E-state index contributed by atoms with van der Waals surface area (Å²) in [4.78, 5) is 9.73. The molecule has 1 aliphatic rings. The standard InChI is InChI=1S/C9H10Cl2FN3/c10-7-6(12)8(11)14-9(13-7)15-4-2-1-3-5-15/h1-5H2. The molecular weight excluding hydrogens is 240 g/mol. The van der Waals surface area contributed by atoms with E-state index < -0.39 is 5.82 Å². The third kappa shape index (κ3) is 2.32. The summed E-state index contributed by atoms with van der Waals surface area (Å²) < 4.78 is 13.1. The molecule has 0 atom stereocenters. The van der Waals surface area contributed by atoms with Crippen molar-refractivity contribution >= 4 is 29.2 Å². The fourth-order valence-electron chi connectivity index (χ4n) is 1.62. The third-order valence-electron chi connectivity index (χ3n) is 2.40. The van der Waals surface area contributed by atoms with Crippen molar-refractivity contribution in [2.24, 2.45) is 0 Å². The number of rotatable bonds is 1. The van der Waals surface area contributed by atoms with Crippen molar-refractivity contribution in [1.82, 2.24) is 9.97 Å². The van der Waals surface area contributed by atoms with Crippen LogP contribution >= 0.6 is 23.2 Å². The molecule has 2 heterocycles. The molecule has 1 saturated heterocycles. The molecule has 0 spiro atoms. The molecule has 0 aromatic carbocycles. The van der Waals surface area contributed by atoms with E-state index in [1.54, 1.807) is 0 Å². The molecule has 6 heteroatoms. The Kier molecular flexibility index (Phi) is 3.26. The highest BCUT2D eigenvalue weighted by Crippen LogP contribution is 2.24. The van der Waals surface area contributed by atoms with Crippen LogP contribution in [-0.2, 0) is 0 Å². The minimum absolute atomic E-state index is 0.212. The predicted octanol–water partition coefficient (Wildman–Crippen LogP) is 2.91. The van der Waals surface area contributed by atoms with Gasteiger partial charge in [-0.3, -0.25) is 0 Å². The highest BCUT2D eigenvalue weighted by molar-refractivity contribution is 6.33. The second-order valence-electron chi connectivity index (χ2n) is 3.47. The average molecular weight is 250 g/mol. The topological polar surface area (TPSA) is 29.0 Å². The van der Waals surface area contributed by atoms with Gasteiger partial charge in [0.05, 0.1) is 0 Å². The molecule has 0 bridgehead atoms. The van der Waals surface area contributed by atoms with Gasteiger partial charge in [-0.15, -0.1) is 0 Å². The van der Waals surface area contributed by atoms with E-state index in [0.717, 1.165) is 25.9 Å². The maximum atomic E-state index is 13.1. The maximum absolute atomic E-state index is 13.1. The Labute approximate surface area is 97.2 Å². The van der Waals surface area contributed by atoms with Gasteiger partial charge < -0.3 is 4.90 Å². The molecule has 0 unspecified atom stereocenters. The van der Waals surface area contributed by atoms with Crippen LogP contribution in [0.1, 0.15) is 19.3 Å². The van der Waals surface area contributed by atoms with Crippen LogP contribution < -0.4 is 4.90 Å². The van der Waals surface area contributed by atoms with Crippen molar-refractivity contribution in [3.8, 4) is 0 Å². The van der Waals surface area contributed by atoms with Crippen LogP contribution in [-0.4, -0.2) is 23.1 Å². The molecule has 1 aliphatic heterocycles. The van der Waals surface area contributed by atoms with Crippen molar-refractivity contribution in [2.45, 2.75) is 19.3 Å². The lowest BCUT2D eigenvalue weighted by molar-refractivity contribution is 0.562. The number of hydrogen-bond acceptors (Lipinski definition) is 3. The predicted molar refractivity (Wildman–Crippen MR) is 58.1 cm³/mol. The van der Waals surface area contributed by atoms with Gasteiger partial charge in [0.15, 0.2) is 16.1 Å². The summed E-state index contributed by atoms with van der Waals surface area (Å²) in [5, 5.41) is -0.425. The lowest BCUT2D eigenvalue weighted by atomic mass is 10.1. The van der Waals surface area contributed by atoms with Gasteiger partial charge in [0, 0.05) is 13.1 Å². The van der Waals surface area contributed by atoms with Crippen LogP contribution in [0.5, 0.6) is 0 Å². The number of hydrogen-bond donors (Lipinski definition) is 0. The van der Waals surface area contributed by atoms with Crippen molar-refractivity contribution in [1.29, 1.82) is 0 Å². The first kappa shape index (κ1) is 10.9. The lowest BCUT2D eigenvalue weighted by Gasteiger charge is -2.26. The molecule has 15 heavy (non-hydrogen) atoms. The molecule has 0 radical (unpaired) electrons. The van der Waals surface area contributed by atoms with Gasteiger partial charge in [0.2, 0.25) is 5.95 Å². The minimum Gasteiger partial charge on any atom is -0.341 e. The van der Waals surface area contributed by atoms with E-state index in [2.05, 4.69) is 9.97 Å². The molecule has 1 aromatic rings. The molecule has 82 valence electrons. The van der Waals surface area contributed by atoms with Gasteiger partial charge in [-0.25, -0.2) is 4.39 Å². The van der Waals surface area contributed by atoms with Crippen molar-refractivity contribution in [2.75, 3.05) is 18.0 Å². The smallest absolute Gasteiger partial charge is 0.228 e. The van der Waals surface area contributed by atoms with Crippen LogP contribution in [0.25, 0.3) is 0 Å². The highest BCUT2D eigenvalue weighted by Gasteiger charge is 2.17. The first-order chi connectivity index (χ1) is 7.18. The fourth-order valence-corrected chi connectivity index (χ4v) is 2.00. The number of nitrogens with zero attached hydrogens (tertiary/aromatic N) is 3. The zero-order valence-corrected chi connectivity index (χ0v) is 9.52. The molecule has 2 rings (SSSR count). The Morgan fingerprint density at radius 3 is 2.07 bits per heavy atom. The Morgan fingerprint density at radius 2 is 1.53 bits per heavy atom. The van der Waals surface area contributed by atoms with E-state index in [0.29, 0.717) is 5.95 Å². The quantitative estimate of drug-likeness (QED) is 0.717. The number of anilines is 1. The first-order valence-corrected chi connectivity index (χ1v) is 5.57. The summed E-state index contributed by atoms with van der Waals surface area (Å²) in [7, 11) is 0. The highest BCUT2D eigenvalue weighted by atomic mass is 35.5. The summed E-state index contributed by atoms with van der Waals surface area (Å²) in [5.74, 6) is -0.329. The van der Waals surface area contributed by atoms with E-state index in [4.69, 9.17) is 23.2 Å². The second kappa shape index (κ2) is 4.49. The molecule has 0 aliphatic carbocycles. The van der Waals surface area contributed by atoms with Gasteiger partial charge in [0.1, 0.15) is 0 Å². The zero-order chi connectivity index (χ0) is 10.8. The first-order valence-electron chi connectivity index (χ1n) is 4.82. The Morgan fingerprint density at radius 1 is 1.00 bits per heavy atom. The largest absolute Gasteiger partial charge is 0.341 e. The summed E-state index contributed by atoms with van der Waals surface area (Å²) in [6.07, 6.45) is 3.39. The molecule has 3 nitrogen and oxygen atoms in total. The average Bonchev–Trinajstić information content (AvgIpc) is 2.26. The molecule has 1 fully saturated rings. The van der Waals surface area contributed by atoms with E-state index in [9.17, 15) is 4.39 Å². The van der Waals surface area contributed by atoms with Crippen molar-refractivity contribution < 1.29 is 4.39 Å². The van der Waals surface area contributed by atoms with Crippen molar-refractivity contribution in [3.05, 3.63) is 16.1 Å². The minimum atomic E-state index is -0.751. The van der Waals surface area contributed by atoms with Crippen LogP contribution in [0, 0.1) is 5.82 Å². The van der Waals surface area contributed by atoms with Crippen molar-refractivity contribution in [3.63, 3.8) is 0 Å². The van der Waals surface area contributed by atoms with Gasteiger partial charge in [0.25, 0.3) is 0 Å². The third-order valence-corrected chi connectivity index (χ3v) is 2.90. The Hall–Kier alpha value is -0.610. The molecule has 0 saturated carbocycles. The van der Waals surface area contributed by atoms with Gasteiger partial charge >= 0.3 is 0 Å². The Balaban J connectivity index is 2.27. The fraction of sp³-hybridized carbons (Fsp3) is 0.556. The van der Waals surface area contributed by atoms with Gasteiger partial charge in [-0.2, -0.15) is 9.97 Å². The van der Waals surface area contributed by atoms with E-state index in [-0.39, 0.29) is 10.3 Å². The van der Waals surface area contributed by atoms with E-state index >= 15 is 0 Å². The van der Waals surface area contributed by atoms with Crippen LogP contribution in [0.2, 0.25) is 10.3 Å². The van der Waals surface area contributed by atoms with E-state index in [1.807, 2.05) is 4.90 Å².